The number of unbranched alkanes of at least 4 members (excludes halogenated alkanes) is 26. The smallest absolute Gasteiger partial charge is 0.268 e. The highest BCUT2D eigenvalue weighted by Gasteiger charge is 2.23. The van der Waals surface area contributed by atoms with E-state index in [1.165, 1.54) is 154 Å². The van der Waals surface area contributed by atoms with Gasteiger partial charge >= 0.3 is 0 Å². The van der Waals surface area contributed by atoms with Crippen LogP contribution in [0.4, 0.5) is 0 Å². The SMILES string of the molecule is CC/C=C\C/C=C\C/C=C\C/C=C\CCC(=O)NC(COP(=O)([O-])OCC[N+](C)(C)C)C(O)/C=C/CCCCCCCCCCCCCCCCCCCCCCCCCCCC. The number of hydrogen-bond donors (Lipinski definition) is 2. The highest BCUT2D eigenvalue weighted by Crippen LogP contribution is 2.38. The minimum atomic E-state index is -4.61. The van der Waals surface area contributed by atoms with E-state index in [2.05, 4.69) is 55.6 Å². The van der Waals surface area contributed by atoms with Gasteiger partial charge in [-0.15, -0.1) is 0 Å². The Kier molecular flexibility index (Phi) is 44.1. The number of nitrogens with one attached hydrogen (secondary N) is 1. The Morgan fingerprint density at radius 1 is 0.571 bits per heavy atom. The lowest BCUT2D eigenvalue weighted by Crippen LogP contribution is -2.45. The van der Waals surface area contributed by atoms with E-state index in [1.54, 1.807) is 6.08 Å². The summed E-state index contributed by atoms with van der Waals surface area (Å²) in [7, 11) is 1.21. The molecule has 0 aromatic rings. The molecule has 0 aromatic carbocycles. The third kappa shape index (κ3) is 48.0. The Morgan fingerprint density at radius 3 is 1.38 bits per heavy atom. The largest absolute Gasteiger partial charge is 0.756 e. The second-order valence-corrected chi connectivity index (χ2v) is 20.3. The van der Waals surface area contributed by atoms with Crippen molar-refractivity contribution in [1.82, 2.24) is 5.32 Å². The van der Waals surface area contributed by atoms with Gasteiger partial charge in [0.25, 0.3) is 7.82 Å². The molecule has 3 unspecified atom stereocenters. The second-order valence-electron chi connectivity index (χ2n) is 18.9. The minimum Gasteiger partial charge on any atom is -0.756 e. The van der Waals surface area contributed by atoms with Crippen LogP contribution in [0.3, 0.4) is 0 Å². The quantitative estimate of drug-likeness (QED) is 0.0273. The molecule has 0 aliphatic heterocycles. The molecule has 0 aliphatic carbocycles. The molecule has 8 nitrogen and oxygen atoms in total. The standard InChI is InChI=1S/C54H101N2O6P/c1-6-8-10-12-14-16-18-20-21-22-23-24-25-26-27-28-29-30-31-32-33-34-36-37-39-41-43-45-47-53(57)52(51-62-63(59,60)61-50-49-56(3,4)5)55-54(58)48-46-44-42-40-38-35-19-17-15-13-11-9-7-2/h9,11,15,17,35,38,42,44-45,47,52-53,57H,6-8,10,12-14,16,18-34,36-37,39-41,43,46,48-51H2,1-5H3,(H-,55,58,59,60)/b11-9-,17-15-,38-35-,44-42-,47-45+. The van der Waals surface area contributed by atoms with Crippen molar-refractivity contribution in [2.45, 2.75) is 238 Å². The number of hydrogen-bond acceptors (Lipinski definition) is 6. The number of carbonyl (C=O) groups excluding carboxylic acids is 1. The molecule has 0 rings (SSSR count). The van der Waals surface area contributed by atoms with E-state index in [9.17, 15) is 19.4 Å². The van der Waals surface area contributed by atoms with Crippen LogP contribution in [0.5, 0.6) is 0 Å². The van der Waals surface area contributed by atoms with Crippen molar-refractivity contribution < 1.29 is 32.9 Å². The number of allylic oxidation sites excluding steroid dienone is 9. The fourth-order valence-corrected chi connectivity index (χ4v) is 8.12. The van der Waals surface area contributed by atoms with Crippen LogP contribution in [0, 0.1) is 0 Å². The number of phosphoric acid groups is 1. The van der Waals surface area contributed by atoms with Crippen molar-refractivity contribution in [2.75, 3.05) is 40.9 Å². The Morgan fingerprint density at radius 2 is 0.968 bits per heavy atom. The summed E-state index contributed by atoms with van der Waals surface area (Å²) in [6.45, 7) is 4.48. The van der Waals surface area contributed by atoms with Gasteiger partial charge in [-0.05, 0) is 44.9 Å². The first-order chi connectivity index (χ1) is 30.5. The summed E-state index contributed by atoms with van der Waals surface area (Å²) in [6.07, 6.45) is 60.4. The molecule has 1 amide bonds. The lowest BCUT2D eigenvalue weighted by molar-refractivity contribution is -0.870. The van der Waals surface area contributed by atoms with E-state index in [-0.39, 0.29) is 18.9 Å². The number of aliphatic hydroxyl groups is 1. The minimum absolute atomic E-state index is 0.0156. The van der Waals surface area contributed by atoms with Gasteiger partial charge in [0.05, 0.1) is 39.9 Å². The number of rotatable bonds is 47. The van der Waals surface area contributed by atoms with Gasteiger partial charge in [-0.3, -0.25) is 9.36 Å². The summed E-state index contributed by atoms with van der Waals surface area (Å²) < 4.78 is 23.2. The number of nitrogens with zero attached hydrogens (tertiary/aromatic N) is 1. The summed E-state index contributed by atoms with van der Waals surface area (Å²) in [5, 5.41) is 13.8. The summed E-state index contributed by atoms with van der Waals surface area (Å²) in [4.78, 5) is 25.3. The third-order valence-electron chi connectivity index (χ3n) is 11.5. The Balaban J connectivity index is 4.21. The van der Waals surface area contributed by atoms with Gasteiger partial charge in [-0.25, -0.2) is 0 Å². The normalized spacial score (nSPS) is 14.6. The molecule has 0 heterocycles. The van der Waals surface area contributed by atoms with Crippen LogP contribution in [-0.4, -0.2) is 68.5 Å². The summed E-state index contributed by atoms with van der Waals surface area (Å²) in [5.41, 5.74) is 0. The molecule has 2 N–H and O–H groups in total. The van der Waals surface area contributed by atoms with Crippen molar-refractivity contribution in [2.24, 2.45) is 0 Å². The van der Waals surface area contributed by atoms with E-state index in [4.69, 9.17) is 9.05 Å². The Hall–Kier alpha value is -1.80. The van der Waals surface area contributed by atoms with E-state index >= 15 is 0 Å². The molecule has 63 heavy (non-hydrogen) atoms. The molecule has 0 saturated heterocycles. The lowest BCUT2D eigenvalue weighted by Gasteiger charge is -2.29. The van der Waals surface area contributed by atoms with Gasteiger partial charge in [0.1, 0.15) is 13.2 Å². The molecule has 0 fully saturated rings. The van der Waals surface area contributed by atoms with Gasteiger partial charge in [-0.2, -0.15) is 0 Å². The maximum Gasteiger partial charge on any atom is 0.268 e. The highest BCUT2D eigenvalue weighted by atomic mass is 31.2. The summed E-state index contributed by atoms with van der Waals surface area (Å²) in [6, 6.07) is -0.927. The average Bonchev–Trinajstić information content (AvgIpc) is 3.24. The molecule has 0 radical (unpaired) electrons. The first kappa shape index (κ1) is 61.2. The molecular weight excluding hydrogens is 804 g/mol. The number of amides is 1. The average molecular weight is 905 g/mol. The lowest BCUT2D eigenvalue weighted by atomic mass is 10.0. The van der Waals surface area contributed by atoms with E-state index < -0.39 is 26.6 Å². The van der Waals surface area contributed by atoms with Crippen LogP contribution < -0.4 is 10.2 Å². The predicted molar refractivity (Wildman–Crippen MR) is 270 cm³/mol. The molecule has 0 bridgehead atoms. The zero-order valence-electron chi connectivity index (χ0n) is 41.8. The molecule has 0 spiro atoms. The maximum atomic E-state index is 12.8. The molecule has 0 saturated carbocycles. The van der Waals surface area contributed by atoms with Crippen LogP contribution in [0.25, 0.3) is 0 Å². The number of likely N-dealkylation sites (N-methyl/N-ethyl adjacent to an activating group) is 1. The molecular formula is C54H101N2O6P. The van der Waals surface area contributed by atoms with Crippen LogP contribution >= 0.6 is 7.82 Å². The van der Waals surface area contributed by atoms with E-state index in [0.717, 1.165) is 44.9 Å². The highest BCUT2D eigenvalue weighted by molar-refractivity contribution is 7.45. The molecule has 9 heteroatoms. The first-order valence-electron chi connectivity index (χ1n) is 26.2. The molecule has 0 aromatic heterocycles. The van der Waals surface area contributed by atoms with Crippen molar-refractivity contribution in [3.8, 4) is 0 Å². The fraction of sp³-hybridized carbons (Fsp3) is 0.796. The zero-order chi connectivity index (χ0) is 46.4. The van der Waals surface area contributed by atoms with Crippen LogP contribution in [0.15, 0.2) is 60.8 Å². The van der Waals surface area contributed by atoms with Crippen molar-refractivity contribution >= 4 is 13.7 Å². The van der Waals surface area contributed by atoms with Crippen LogP contribution in [0.1, 0.15) is 226 Å². The van der Waals surface area contributed by atoms with E-state index in [1.807, 2.05) is 39.4 Å². The van der Waals surface area contributed by atoms with Crippen molar-refractivity contribution in [1.29, 1.82) is 0 Å². The molecule has 368 valence electrons. The molecule has 0 aliphatic rings. The summed E-state index contributed by atoms with van der Waals surface area (Å²) in [5.74, 6) is -0.277. The van der Waals surface area contributed by atoms with E-state index in [0.29, 0.717) is 17.4 Å². The number of aliphatic hydroxyl groups excluding tert-OH is 1. The van der Waals surface area contributed by atoms with Crippen LogP contribution in [-0.2, 0) is 18.4 Å². The number of phosphoric ester groups is 1. The van der Waals surface area contributed by atoms with Crippen LogP contribution in [0.2, 0.25) is 0 Å². The first-order valence-corrected chi connectivity index (χ1v) is 27.6. The predicted octanol–water partition coefficient (Wildman–Crippen LogP) is 14.7. The zero-order valence-corrected chi connectivity index (χ0v) is 42.7. The monoisotopic (exact) mass is 905 g/mol. The van der Waals surface area contributed by atoms with Gasteiger partial charge in [0.15, 0.2) is 0 Å². The topological polar surface area (TPSA) is 108 Å². The van der Waals surface area contributed by atoms with Gasteiger partial charge in [0.2, 0.25) is 5.91 Å². The number of quaternary nitrogens is 1. The Labute approximate surface area is 390 Å². The van der Waals surface area contributed by atoms with Gasteiger partial charge in [0, 0.05) is 6.42 Å². The van der Waals surface area contributed by atoms with Crippen molar-refractivity contribution in [3.05, 3.63) is 60.8 Å². The number of carbonyl (C=O) groups is 1. The van der Waals surface area contributed by atoms with Crippen molar-refractivity contribution in [3.63, 3.8) is 0 Å². The Bertz CT molecular complexity index is 1210. The summed E-state index contributed by atoms with van der Waals surface area (Å²) >= 11 is 0. The van der Waals surface area contributed by atoms with Gasteiger partial charge in [-0.1, -0.05) is 235 Å². The van der Waals surface area contributed by atoms with Gasteiger partial charge < -0.3 is 28.8 Å². The maximum absolute atomic E-state index is 12.8. The third-order valence-corrected chi connectivity index (χ3v) is 12.5. The second kappa shape index (κ2) is 45.4. The fourth-order valence-electron chi connectivity index (χ4n) is 7.40. The molecule has 3 atom stereocenters.